The second-order valence-electron chi connectivity index (χ2n) is 9.48. The second kappa shape index (κ2) is 12.2. The van der Waals surface area contributed by atoms with E-state index in [0.29, 0.717) is 28.3 Å². The minimum atomic E-state index is -4.90. The first-order chi connectivity index (χ1) is 21.3. The quantitative estimate of drug-likeness (QED) is 0.0737. The summed E-state index contributed by atoms with van der Waals surface area (Å²) in [4.78, 5) is 24.9. The molecule has 0 saturated carbocycles. The molecule has 1 aliphatic rings. The van der Waals surface area contributed by atoms with E-state index in [1.54, 1.807) is 18.2 Å². The molecule has 0 aliphatic heterocycles. The standard InChI is InChI=1S/C29H22N6O8S2/c30-19-3-1-2-17(14-19)29(37)31-23-10-13-25-18(15-23)16-26(45(41,42)43)27(28(25)36)35-34-21-6-4-20(5-7-21)32-33-22-8-11-24(12-9-22)44(38,39)40/h1-16,34H,30H2,(H,31,37)(H,38,39,40)(H,41,42,43)/b33-32?,35-27+. The molecule has 4 aromatic carbocycles. The summed E-state index contributed by atoms with van der Waals surface area (Å²) < 4.78 is 65.7. The van der Waals surface area contributed by atoms with Crippen LogP contribution in [0.2, 0.25) is 0 Å². The maximum absolute atomic E-state index is 13.3. The van der Waals surface area contributed by atoms with Crippen LogP contribution in [0.25, 0.3) is 6.08 Å². The number of hydrogen-bond donors (Lipinski definition) is 5. The third kappa shape index (κ3) is 7.34. The molecule has 14 nitrogen and oxygen atoms in total. The molecule has 0 heterocycles. The molecule has 5 rings (SSSR count). The second-order valence-corrected chi connectivity index (χ2v) is 12.3. The number of Topliss-reactive ketones (excluding diaryl/α,β-unsaturated/α-hetero) is 1. The van der Waals surface area contributed by atoms with E-state index in [2.05, 4.69) is 26.1 Å². The molecule has 0 atom stereocenters. The van der Waals surface area contributed by atoms with Gasteiger partial charge in [-0.3, -0.25) is 24.1 Å². The summed E-state index contributed by atoms with van der Waals surface area (Å²) in [5.41, 5.74) is 10.0. The van der Waals surface area contributed by atoms with E-state index in [-0.39, 0.29) is 21.7 Å². The SMILES string of the molecule is Nc1cccc(C(=O)Nc2ccc3c(c2)C=C(S(=O)(=O)O)/C(=N\Nc2ccc(N=Nc4ccc(S(=O)(=O)O)cc4)cc2)C3=O)c1. The Labute approximate surface area is 256 Å². The topological polar surface area (TPSA) is 230 Å². The molecule has 0 saturated heterocycles. The number of ketones is 1. The number of allylic oxidation sites excluding steroid dienone is 1. The average Bonchev–Trinajstić information content (AvgIpc) is 2.99. The first-order valence-electron chi connectivity index (χ1n) is 12.8. The Kier molecular flexibility index (Phi) is 8.38. The van der Waals surface area contributed by atoms with Crippen molar-refractivity contribution in [3.05, 3.63) is 113 Å². The maximum Gasteiger partial charge on any atom is 0.296 e. The number of anilines is 3. The summed E-state index contributed by atoms with van der Waals surface area (Å²) in [6.45, 7) is 0. The van der Waals surface area contributed by atoms with Crippen LogP contribution in [-0.2, 0) is 20.2 Å². The van der Waals surface area contributed by atoms with Gasteiger partial charge in [0.05, 0.1) is 22.0 Å². The monoisotopic (exact) mass is 646 g/mol. The summed E-state index contributed by atoms with van der Waals surface area (Å²) in [6, 6.07) is 21.7. The molecule has 228 valence electrons. The van der Waals surface area contributed by atoms with E-state index in [1.165, 1.54) is 72.8 Å². The Morgan fingerprint density at radius 3 is 1.98 bits per heavy atom. The van der Waals surface area contributed by atoms with Crippen LogP contribution >= 0.6 is 0 Å². The molecule has 6 N–H and O–H groups in total. The van der Waals surface area contributed by atoms with E-state index in [1.807, 2.05) is 0 Å². The van der Waals surface area contributed by atoms with Gasteiger partial charge in [-0.1, -0.05) is 6.07 Å². The van der Waals surface area contributed by atoms with Crippen LogP contribution in [0.4, 0.5) is 28.4 Å². The number of hydrazone groups is 1. The van der Waals surface area contributed by atoms with Crippen molar-refractivity contribution in [2.24, 2.45) is 15.3 Å². The van der Waals surface area contributed by atoms with Crippen molar-refractivity contribution in [1.82, 2.24) is 0 Å². The molecule has 45 heavy (non-hydrogen) atoms. The Morgan fingerprint density at radius 1 is 0.756 bits per heavy atom. The number of carbonyl (C=O) groups excluding carboxylic acids is 2. The Hall–Kier alpha value is -5.55. The first kappa shape index (κ1) is 30.9. The lowest BCUT2D eigenvalue weighted by Crippen LogP contribution is -2.27. The Balaban J connectivity index is 1.33. The van der Waals surface area contributed by atoms with Crippen LogP contribution in [0, 0.1) is 0 Å². The number of benzene rings is 4. The number of fused-ring (bicyclic) bond motifs is 1. The molecule has 0 radical (unpaired) electrons. The molecule has 16 heteroatoms. The molecule has 0 spiro atoms. The van der Waals surface area contributed by atoms with Crippen LogP contribution < -0.4 is 16.5 Å². The van der Waals surface area contributed by atoms with Crippen molar-refractivity contribution >= 4 is 72.2 Å². The lowest BCUT2D eigenvalue weighted by atomic mass is 9.94. The van der Waals surface area contributed by atoms with E-state index in [4.69, 9.17) is 10.3 Å². The van der Waals surface area contributed by atoms with Crippen molar-refractivity contribution in [3.8, 4) is 0 Å². The molecule has 0 fully saturated rings. The molecular weight excluding hydrogens is 624 g/mol. The molecule has 0 aromatic heterocycles. The van der Waals surface area contributed by atoms with Gasteiger partial charge in [-0.15, -0.1) is 0 Å². The molecule has 1 amide bonds. The smallest absolute Gasteiger partial charge is 0.296 e. The highest BCUT2D eigenvalue weighted by atomic mass is 32.2. The van der Waals surface area contributed by atoms with Gasteiger partial charge in [-0.05, 0) is 96.6 Å². The highest BCUT2D eigenvalue weighted by Crippen LogP contribution is 2.29. The van der Waals surface area contributed by atoms with Gasteiger partial charge in [0.2, 0.25) is 5.78 Å². The zero-order chi connectivity index (χ0) is 32.4. The largest absolute Gasteiger partial charge is 0.399 e. The summed E-state index contributed by atoms with van der Waals surface area (Å²) in [5.74, 6) is -1.26. The number of amides is 1. The normalized spacial score (nSPS) is 14.2. The average molecular weight is 647 g/mol. The van der Waals surface area contributed by atoms with Gasteiger partial charge < -0.3 is 11.1 Å². The van der Waals surface area contributed by atoms with Gasteiger partial charge in [0.1, 0.15) is 4.91 Å². The fraction of sp³-hybridized carbons (Fsp3) is 0. The van der Waals surface area contributed by atoms with Gasteiger partial charge in [-0.2, -0.15) is 32.2 Å². The summed E-state index contributed by atoms with van der Waals surface area (Å²) in [5, 5.41) is 14.6. The predicted molar refractivity (Wildman–Crippen MR) is 167 cm³/mol. The van der Waals surface area contributed by atoms with Crippen molar-refractivity contribution in [2.75, 3.05) is 16.5 Å². The number of azo groups is 1. The van der Waals surface area contributed by atoms with Crippen molar-refractivity contribution in [2.45, 2.75) is 4.90 Å². The van der Waals surface area contributed by atoms with Crippen LogP contribution in [0.1, 0.15) is 26.3 Å². The summed E-state index contributed by atoms with van der Waals surface area (Å²) in [6.07, 6.45) is 1.08. The highest BCUT2D eigenvalue weighted by Gasteiger charge is 2.33. The molecule has 4 aromatic rings. The van der Waals surface area contributed by atoms with Crippen molar-refractivity contribution in [3.63, 3.8) is 0 Å². The van der Waals surface area contributed by atoms with Crippen LogP contribution in [0.5, 0.6) is 0 Å². The van der Waals surface area contributed by atoms with Crippen LogP contribution in [0.3, 0.4) is 0 Å². The fourth-order valence-corrected chi connectivity index (χ4v) is 5.26. The van der Waals surface area contributed by atoms with Gasteiger partial charge in [0.15, 0.2) is 5.71 Å². The number of nitrogens with one attached hydrogen (secondary N) is 2. The lowest BCUT2D eigenvalue weighted by molar-refractivity contribution is 0.102. The van der Waals surface area contributed by atoms with E-state index < -0.39 is 42.5 Å². The van der Waals surface area contributed by atoms with Gasteiger partial charge in [-0.25, -0.2) is 0 Å². The zero-order valence-corrected chi connectivity index (χ0v) is 24.5. The first-order valence-corrected chi connectivity index (χ1v) is 15.6. The Bertz CT molecular complexity index is 2140. The van der Waals surface area contributed by atoms with E-state index >= 15 is 0 Å². The van der Waals surface area contributed by atoms with Gasteiger partial charge in [0.25, 0.3) is 26.1 Å². The summed E-state index contributed by atoms with van der Waals surface area (Å²) in [7, 11) is -9.23. The highest BCUT2D eigenvalue weighted by molar-refractivity contribution is 7.91. The van der Waals surface area contributed by atoms with Gasteiger partial charge in [0, 0.05) is 22.5 Å². The van der Waals surface area contributed by atoms with Gasteiger partial charge >= 0.3 is 0 Å². The molecule has 0 unspecified atom stereocenters. The van der Waals surface area contributed by atoms with Crippen molar-refractivity contribution in [1.29, 1.82) is 0 Å². The number of rotatable bonds is 8. The lowest BCUT2D eigenvalue weighted by Gasteiger charge is -2.17. The molecule has 0 bridgehead atoms. The molecule has 1 aliphatic carbocycles. The Morgan fingerprint density at radius 2 is 1.38 bits per heavy atom. The summed E-state index contributed by atoms with van der Waals surface area (Å²) >= 11 is 0. The minimum absolute atomic E-state index is 0.0882. The minimum Gasteiger partial charge on any atom is -0.399 e. The third-order valence-electron chi connectivity index (χ3n) is 6.30. The van der Waals surface area contributed by atoms with Crippen molar-refractivity contribution < 1.29 is 35.5 Å². The zero-order valence-electron chi connectivity index (χ0n) is 22.8. The van der Waals surface area contributed by atoms with E-state index in [0.717, 1.165) is 6.08 Å². The predicted octanol–water partition coefficient (Wildman–Crippen LogP) is 5.08. The number of nitrogens with zero attached hydrogens (tertiary/aromatic N) is 3. The maximum atomic E-state index is 13.3. The van der Waals surface area contributed by atoms with Crippen LogP contribution in [0.15, 0.2) is 116 Å². The van der Waals surface area contributed by atoms with E-state index in [9.17, 15) is 31.0 Å². The number of hydrogen-bond acceptors (Lipinski definition) is 11. The third-order valence-corrected chi connectivity index (χ3v) is 8.03. The number of carbonyl (C=O) groups is 2. The fourth-order valence-electron chi connectivity index (χ4n) is 4.12. The number of nitrogen functional groups attached to an aromatic ring is 1. The van der Waals surface area contributed by atoms with Crippen LogP contribution in [-0.4, -0.2) is 43.3 Å². The number of nitrogens with two attached hydrogens (primary N) is 1. The molecular formula is C29H22N6O8S2.